The molecular weight excluding hydrogens is 386 g/mol. The van der Waals surface area contributed by atoms with Crippen LogP contribution in [0.3, 0.4) is 0 Å². The fourth-order valence-electron chi connectivity index (χ4n) is 2.10. The number of ether oxygens (including phenoxy) is 3. The van der Waals surface area contributed by atoms with Crippen LogP contribution < -0.4 is 5.32 Å². The van der Waals surface area contributed by atoms with Crippen LogP contribution in [0.4, 0.5) is 4.79 Å². The van der Waals surface area contributed by atoms with Crippen molar-refractivity contribution >= 4 is 23.1 Å². The van der Waals surface area contributed by atoms with E-state index in [9.17, 15) is 13.8 Å². The van der Waals surface area contributed by atoms with Crippen LogP contribution in [0.25, 0.3) is 0 Å². The van der Waals surface area contributed by atoms with Gasteiger partial charge >= 0.3 is 12.1 Å². The van der Waals surface area contributed by atoms with Gasteiger partial charge in [-0.25, -0.2) is 13.8 Å². The zero-order valence-electron chi connectivity index (χ0n) is 17.2. The fourth-order valence-corrected chi connectivity index (χ4v) is 2.87. The number of carbonyl (C=O) groups excluding carboxylic acids is 2. The number of rotatable bonds is 9. The van der Waals surface area contributed by atoms with Gasteiger partial charge in [0.25, 0.3) is 5.72 Å². The zero-order chi connectivity index (χ0) is 21.4. The number of esters is 1. The lowest BCUT2D eigenvalue weighted by Crippen LogP contribution is -2.61. The maximum Gasteiger partial charge on any atom is 0.410 e. The summed E-state index contributed by atoms with van der Waals surface area (Å²) in [6.07, 6.45) is -0.890. The first-order valence-electron chi connectivity index (χ1n) is 8.97. The van der Waals surface area contributed by atoms with Crippen LogP contribution in [0.15, 0.2) is 29.2 Å². The normalized spacial score (nSPS) is 14.6. The van der Waals surface area contributed by atoms with Crippen molar-refractivity contribution in [1.82, 2.24) is 5.32 Å². The minimum atomic E-state index is -1.99. The van der Waals surface area contributed by atoms with Crippen molar-refractivity contribution in [1.29, 1.82) is 0 Å². The molecule has 1 N–H and O–H groups in total. The van der Waals surface area contributed by atoms with E-state index in [1.165, 1.54) is 0 Å². The number of nitrogens with one attached hydrogen (secondary N) is 1. The number of carbonyl (C=O) groups is 2. The quantitative estimate of drug-likeness (QED) is 0.489. The molecule has 2 atom stereocenters. The Morgan fingerprint density at radius 2 is 1.68 bits per heavy atom. The van der Waals surface area contributed by atoms with Gasteiger partial charge in [-0.3, -0.25) is 9.50 Å². The summed E-state index contributed by atoms with van der Waals surface area (Å²) in [6, 6.07) is 6.88. The van der Waals surface area contributed by atoms with E-state index < -0.39 is 41.1 Å². The Bertz CT molecular complexity index is 685. The molecule has 0 aliphatic carbocycles. The van der Waals surface area contributed by atoms with Crippen LogP contribution in [-0.2, 0) is 34.3 Å². The first-order valence-corrected chi connectivity index (χ1v) is 10.0. The van der Waals surface area contributed by atoms with Crippen LogP contribution >= 0.6 is 0 Å². The number of benzene rings is 1. The molecule has 1 amide bonds. The fraction of sp³-hybridized carbons (Fsp3) is 0.579. The molecule has 8 nitrogen and oxygen atoms in total. The molecule has 1 aromatic rings. The minimum absolute atomic E-state index is 0.0602. The van der Waals surface area contributed by atoms with E-state index in [2.05, 4.69) is 5.32 Å². The molecular formula is C19H29NO7S. The van der Waals surface area contributed by atoms with Gasteiger partial charge in [0.05, 0.1) is 11.5 Å². The molecule has 0 aliphatic heterocycles. The van der Waals surface area contributed by atoms with Gasteiger partial charge in [0.1, 0.15) is 12.2 Å². The lowest BCUT2D eigenvalue weighted by atomic mass is 10.2. The maximum absolute atomic E-state index is 12.6. The summed E-state index contributed by atoms with van der Waals surface area (Å²) in [7, 11) is 0. The van der Waals surface area contributed by atoms with E-state index in [1.54, 1.807) is 58.9 Å². The van der Waals surface area contributed by atoms with Crippen LogP contribution in [0.2, 0.25) is 0 Å². The molecule has 0 bridgehead atoms. The van der Waals surface area contributed by atoms with Gasteiger partial charge in [0.15, 0.2) is 11.1 Å². The van der Waals surface area contributed by atoms with Gasteiger partial charge in [-0.1, -0.05) is 17.7 Å². The molecule has 28 heavy (non-hydrogen) atoms. The minimum Gasteiger partial charge on any atom is -0.462 e. The lowest BCUT2D eigenvalue weighted by Gasteiger charge is -2.32. The average Bonchev–Trinajstić information content (AvgIpc) is 2.58. The zero-order valence-corrected chi connectivity index (χ0v) is 18.0. The van der Waals surface area contributed by atoms with Gasteiger partial charge in [0.2, 0.25) is 0 Å². The predicted molar refractivity (Wildman–Crippen MR) is 104 cm³/mol. The number of amides is 1. The van der Waals surface area contributed by atoms with Crippen molar-refractivity contribution in [3.05, 3.63) is 29.8 Å². The van der Waals surface area contributed by atoms with E-state index in [0.29, 0.717) is 4.90 Å². The highest BCUT2D eigenvalue weighted by Gasteiger charge is 2.45. The number of hydrogen-bond acceptors (Lipinski definition) is 7. The number of alkyl carbamates (subject to hydrolysis) is 1. The Labute approximate surface area is 168 Å². The second-order valence-electron chi connectivity index (χ2n) is 6.92. The van der Waals surface area contributed by atoms with Gasteiger partial charge < -0.3 is 14.2 Å². The Morgan fingerprint density at radius 1 is 1.07 bits per heavy atom. The van der Waals surface area contributed by atoms with Crippen molar-refractivity contribution in [2.45, 2.75) is 57.8 Å². The largest absolute Gasteiger partial charge is 0.462 e. The molecule has 1 aromatic carbocycles. The van der Waals surface area contributed by atoms with Crippen molar-refractivity contribution in [3.8, 4) is 0 Å². The topological polar surface area (TPSA) is 100 Å². The Hall–Kier alpha value is -1.97. The lowest BCUT2D eigenvalue weighted by molar-refractivity contribution is -0.180. The molecule has 9 heteroatoms. The maximum atomic E-state index is 12.6. The van der Waals surface area contributed by atoms with Gasteiger partial charge in [-0.2, -0.15) is 0 Å². The average molecular weight is 416 g/mol. The second kappa shape index (κ2) is 10.5. The van der Waals surface area contributed by atoms with Crippen LogP contribution in [0.5, 0.6) is 0 Å². The summed E-state index contributed by atoms with van der Waals surface area (Å²) in [5.74, 6) is -0.872. The summed E-state index contributed by atoms with van der Waals surface area (Å²) >= 11 is -1.88. The Kier molecular flexibility index (Phi) is 9.06. The second-order valence-corrected chi connectivity index (χ2v) is 8.09. The molecule has 2 unspecified atom stereocenters. The molecule has 0 radical (unpaired) electrons. The summed E-state index contributed by atoms with van der Waals surface area (Å²) in [5.41, 5.74) is -1.78. The first kappa shape index (κ1) is 24.1. The molecule has 0 saturated heterocycles. The van der Waals surface area contributed by atoms with Gasteiger partial charge in [0, 0.05) is 6.61 Å². The molecule has 0 spiro atoms. The van der Waals surface area contributed by atoms with Crippen LogP contribution in [0, 0.1) is 6.92 Å². The summed E-state index contributed by atoms with van der Waals surface area (Å²) < 4.78 is 33.5. The van der Waals surface area contributed by atoms with Crippen molar-refractivity contribution in [3.63, 3.8) is 0 Å². The third-order valence-electron chi connectivity index (χ3n) is 3.28. The standard InChI is InChI=1S/C19H29NO7S/c1-7-24-16(21)19(25-8-2,20-17(22)27-18(4,5)6)13-26-28(23)15-11-9-14(3)10-12-15/h9-12H,7-8,13H2,1-6H3,(H,20,22). The van der Waals surface area contributed by atoms with E-state index in [4.69, 9.17) is 18.4 Å². The van der Waals surface area contributed by atoms with Gasteiger partial charge in [-0.05, 0) is 53.7 Å². The van der Waals surface area contributed by atoms with E-state index in [-0.39, 0.29) is 13.2 Å². The Morgan fingerprint density at radius 3 is 2.18 bits per heavy atom. The molecule has 0 saturated carbocycles. The molecule has 0 heterocycles. The number of aryl methyl sites for hydroxylation is 1. The highest BCUT2D eigenvalue weighted by molar-refractivity contribution is 7.80. The third kappa shape index (κ3) is 7.57. The molecule has 0 fully saturated rings. The summed E-state index contributed by atoms with van der Waals surface area (Å²) in [5, 5.41) is 2.37. The highest BCUT2D eigenvalue weighted by atomic mass is 32.2. The first-order chi connectivity index (χ1) is 13.0. The Balaban J connectivity index is 3.03. The molecule has 158 valence electrons. The van der Waals surface area contributed by atoms with Crippen molar-refractivity contribution in [2.24, 2.45) is 0 Å². The predicted octanol–water partition coefficient (Wildman–Crippen LogP) is 2.85. The van der Waals surface area contributed by atoms with Crippen LogP contribution in [-0.4, -0.2) is 47.4 Å². The smallest absolute Gasteiger partial charge is 0.410 e. The van der Waals surface area contributed by atoms with E-state index in [0.717, 1.165) is 5.56 Å². The molecule has 1 rings (SSSR count). The van der Waals surface area contributed by atoms with Crippen molar-refractivity contribution in [2.75, 3.05) is 19.8 Å². The SMILES string of the molecule is CCOC(=O)C(COS(=O)c1ccc(C)cc1)(NC(=O)OC(C)(C)C)OCC. The van der Waals surface area contributed by atoms with Crippen molar-refractivity contribution < 1.29 is 32.2 Å². The number of hydrogen-bond donors (Lipinski definition) is 1. The summed E-state index contributed by atoms with van der Waals surface area (Å²) in [6.45, 7) is 9.81. The monoisotopic (exact) mass is 415 g/mol. The molecule has 0 aliphatic rings. The van der Waals surface area contributed by atoms with E-state index in [1.807, 2.05) is 6.92 Å². The molecule has 0 aromatic heterocycles. The van der Waals surface area contributed by atoms with Gasteiger partial charge in [-0.15, -0.1) is 0 Å². The third-order valence-corrected chi connectivity index (χ3v) is 4.27. The highest BCUT2D eigenvalue weighted by Crippen LogP contribution is 2.17. The summed E-state index contributed by atoms with van der Waals surface area (Å²) in [4.78, 5) is 25.2. The van der Waals surface area contributed by atoms with Crippen LogP contribution in [0.1, 0.15) is 40.2 Å². The van der Waals surface area contributed by atoms with E-state index >= 15 is 0 Å².